The topological polar surface area (TPSA) is 86.7 Å². The number of benzene rings is 2. The highest BCUT2D eigenvalue weighted by Crippen LogP contribution is 2.38. The Kier molecular flexibility index (Phi) is 6.38. The summed E-state index contributed by atoms with van der Waals surface area (Å²) in [4.78, 5) is 15.1. The summed E-state index contributed by atoms with van der Waals surface area (Å²) in [5, 5.41) is 21.4. The zero-order valence-electron chi connectivity index (χ0n) is 14.8. The minimum absolute atomic E-state index is 0.119. The second kappa shape index (κ2) is 8.39. The van der Waals surface area contributed by atoms with Gasteiger partial charge in [-0.05, 0) is 31.2 Å². The molecule has 0 saturated heterocycles. The van der Waals surface area contributed by atoms with Crippen molar-refractivity contribution in [2.45, 2.75) is 18.7 Å². The highest BCUT2D eigenvalue weighted by Gasteiger charge is 2.35. The third kappa shape index (κ3) is 5.38. The molecule has 0 saturated carbocycles. The van der Waals surface area contributed by atoms with Crippen LogP contribution in [0.15, 0.2) is 36.4 Å². The van der Waals surface area contributed by atoms with Crippen molar-refractivity contribution in [3.05, 3.63) is 64.0 Å². The number of hydrogen-bond acceptors (Lipinski definition) is 4. The number of carbonyl (C=O) groups excluding carboxylic acids is 1. The minimum Gasteiger partial charge on any atom is -0.490 e. The second-order valence-corrected chi connectivity index (χ2v) is 6.52. The van der Waals surface area contributed by atoms with E-state index in [1.54, 1.807) is 0 Å². The number of amides is 1. The van der Waals surface area contributed by atoms with E-state index in [2.05, 4.69) is 10.2 Å². The molecule has 10 heteroatoms. The molecule has 0 aliphatic rings. The van der Waals surface area contributed by atoms with Crippen LogP contribution in [0.2, 0.25) is 5.02 Å². The molecule has 2 aromatic rings. The molecule has 0 heterocycles. The molecular weight excluding hydrogens is 411 g/mol. The van der Waals surface area contributed by atoms with Crippen LogP contribution in [0.4, 0.5) is 24.5 Å². The molecule has 0 aliphatic carbocycles. The number of rotatable bonds is 5. The predicted octanol–water partition coefficient (Wildman–Crippen LogP) is 4.55. The van der Waals surface area contributed by atoms with E-state index in [9.17, 15) is 23.1 Å². The van der Waals surface area contributed by atoms with Gasteiger partial charge in [-0.3, -0.25) is 4.79 Å². The first kappa shape index (κ1) is 22.0. The molecule has 0 spiro atoms. The number of aliphatic hydroxyl groups is 1. The lowest BCUT2D eigenvalue weighted by Crippen LogP contribution is -2.45. The minimum atomic E-state index is -4.78. The standard InChI is InChI=1S/C19H13ClF3N3O3/c1-18(28,10-29-13-5-3-11(9-24)15(20)8-13)17(27)26-12-4-6-16(25-2)14(7-12)19(21,22)23/h3-8,28H,10H2,1H3,(H,26,27)/t18-/m0/s1. The molecule has 6 nitrogen and oxygen atoms in total. The first-order valence-electron chi connectivity index (χ1n) is 7.93. The zero-order chi connectivity index (χ0) is 21.8. The maximum atomic E-state index is 13.0. The Labute approximate surface area is 168 Å². The van der Waals surface area contributed by atoms with Crippen molar-refractivity contribution in [3.8, 4) is 11.8 Å². The maximum Gasteiger partial charge on any atom is 0.407 e. The summed E-state index contributed by atoms with van der Waals surface area (Å²) in [5.41, 5.74) is -3.93. The third-order valence-electron chi connectivity index (χ3n) is 3.75. The van der Waals surface area contributed by atoms with Gasteiger partial charge in [-0.15, -0.1) is 0 Å². The van der Waals surface area contributed by atoms with E-state index in [1.165, 1.54) is 18.2 Å². The predicted molar refractivity (Wildman–Crippen MR) is 98.6 cm³/mol. The average Bonchev–Trinajstić information content (AvgIpc) is 2.65. The number of anilines is 1. The molecule has 2 N–H and O–H groups in total. The van der Waals surface area contributed by atoms with Gasteiger partial charge in [0.15, 0.2) is 11.3 Å². The highest BCUT2D eigenvalue weighted by atomic mass is 35.5. The summed E-state index contributed by atoms with van der Waals surface area (Å²) in [5.74, 6) is -0.830. The fourth-order valence-corrected chi connectivity index (χ4v) is 2.38. The van der Waals surface area contributed by atoms with Crippen LogP contribution in [-0.2, 0) is 11.0 Å². The summed E-state index contributed by atoms with van der Waals surface area (Å²) >= 11 is 5.87. The smallest absolute Gasteiger partial charge is 0.407 e. The van der Waals surface area contributed by atoms with Crippen LogP contribution in [0.25, 0.3) is 4.85 Å². The molecular formula is C19H13ClF3N3O3. The molecule has 150 valence electrons. The molecule has 1 atom stereocenters. The van der Waals surface area contributed by atoms with Gasteiger partial charge in [0.1, 0.15) is 18.4 Å². The summed E-state index contributed by atoms with van der Waals surface area (Å²) < 4.78 is 44.4. The first-order valence-corrected chi connectivity index (χ1v) is 8.30. The van der Waals surface area contributed by atoms with Gasteiger partial charge in [-0.1, -0.05) is 17.7 Å². The molecule has 0 aliphatic heterocycles. The lowest BCUT2D eigenvalue weighted by atomic mass is 10.1. The average molecular weight is 424 g/mol. The van der Waals surface area contributed by atoms with Gasteiger partial charge in [-0.2, -0.15) is 18.4 Å². The van der Waals surface area contributed by atoms with E-state index in [0.29, 0.717) is 6.07 Å². The number of halogens is 4. The zero-order valence-corrected chi connectivity index (χ0v) is 15.6. The van der Waals surface area contributed by atoms with Crippen molar-refractivity contribution in [2.75, 3.05) is 11.9 Å². The van der Waals surface area contributed by atoms with Gasteiger partial charge in [-0.25, -0.2) is 4.85 Å². The number of ether oxygens (including phenoxy) is 1. The highest BCUT2D eigenvalue weighted by molar-refractivity contribution is 6.31. The number of nitrogens with one attached hydrogen (secondary N) is 1. The van der Waals surface area contributed by atoms with Gasteiger partial charge in [0.05, 0.1) is 22.7 Å². The van der Waals surface area contributed by atoms with Crippen LogP contribution >= 0.6 is 11.6 Å². The van der Waals surface area contributed by atoms with Crippen LogP contribution in [0, 0.1) is 17.9 Å². The molecule has 1 amide bonds. The molecule has 0 radical (unpaired) electrons. The van der Waals surface area contributed by atoms with E-state index >= 15 is 0 Å². The number of nitrogens with zero attached hydrogens (tertiary/aromatic N) is 2. The monoisotopic (exact) mass is 423 g/mol. The van der Waals surface area contributed by atoms with E-state index in [1.807, 2.05) is 6.07 Å². The van der Waals surface area contributed by atoms with Crippen molar-refractivity contribution in [1.82, 2.24) is 0 Å². The van der Waals surface area contributed by atoms with E-state index < -0.39 is 35.5 Å². The van der Waals surface area contributed by atoms with E-state index in [-0.39, 0.29) is 22.0 Å². The maximum absolute atomic E-state index is 13.0. The van der Waals surface area contributed by atoms with Crippen LogP contribution in [0.5, 0.6) is 5.75 Å². The Morgan fingerprint density at radius 2 is 2.03 bits per heavy atom. The normalized spacial score (nSPS) is 13.0. The molecule has 0 fully saturated rings. The summed E-state index contributed by atoms with van der Waals surface area (Å²) in [6.45, 7) is 7.39. The fraction of sp³-hybridized carbons (Fsp3) is 0.211. The Balaban J connectivity index is 2.12. The van der Waals surface area contributed by atoms with Gasteiger partial charge < -0.3 is 15.2 Å². The molecule has 0 aromatic heterocycles. The molecule has 0 unspecified atom stereocenters. The lowest BCUT2D eigenvalue weighted by Gasteiger charge is -2.23. The van der Waals surface area contributed by atoms with E-state index in [4.69, 9.17) is 28.2 Å². The van der Waals surface area contributed by atoms with Gasteiger partial charge in [0.2, 0.25) is 0 Å². The summed E-state index contributed by atoms with van der Waals surface area (Å²) in [7, 11) is 0. The third-order valence-corrected chi connectivity index (χ3v) is 4.06. The fourth-order valence-electron chi connectivity index (χ4n) is 2.17. The lowest BCUT2D eigenvalue weighted by molar-refractivity contribution is -0.137. The SMILES string of the molecule is [C-]#[N+]c1ccc(NC(=O)[C@@](C)(O)COc2ccc(C#N)c(Cl)c2)cc1C(F)(F)F. The van der Waals surface area contributed by atoms with Crippen LogP contribution < -0.4 is 10.1 Å². The van der Waals surface area contributed by atoms with Crippen molar-refractivity contribution in [1.29, 1.82) is 5.26 Å². The molecule has 2 aromatic carbocycles. The largest absolute Gasteiger partial charge is 0.490 e. The summed E-state index contributed by atoms with van der Waals surface area (Å²) in [6.07, 6.45) is -4.78. The van der Waals surface area contributed by atoms with Crippen LogP contribution in [0.3, 0.4) is 0 Å². The Morgan fingerprint density at radius 3 is 2.59 bits per heavy atom. The second-order valence-electron chi connectivity index (χ2n) is 6.11. The van der Waals surface area contributed by atoms with Gasteiger partial charge in [0.25, 0.3) is 5.91 Å². The summed E-state index contributed by atoms with van der Waals surface area (Å²) in [6, 6.07) is 8.66. The van der Waals surface area contributed by atoms with Crippen molar-refractivity contribution < 1.29 is 27.8 Å². The number of alkyl halides is 3. The van der Waals surface area contributed by atoms with Crippen molar-refractivity contribution >= 4 is 28.9 Å². The Hall–Kier alpha value is -3.27. The Morgan fingerprint density at radius 1 is 1.34 bits per heavy atom. The van der Waals surface area contributed by atoms with Gasteiger partial charge >= 0.3 is 6.18 Å². The Bertz CT molecular complexity index is 1020. The van der Waals surface area contributed by atoms with E-state index in [0.717, 1.165) is 19.1 Å². The quantitative estimate of drug-likeness (QED) is 0.691. The molecule has 0 bridgehead atoms. The number of hydrogen-bond donors (Lipinski definition) is 2. The molecule has 29 heavy (non-hydrogen) atoms. The van der Waals surface area contributed by atoms with Crippen molar-refractivity contribution in [3.63, 3.8) is 0 Å². The number of nitriles is 1. The van der Waals surface area contributed by atoms with Gasteiger partial charge in [0, 0.05) is 11.8 Å². The van der Waals surface area contributed by atoms with Crippen LogP contribution in [-0.4, -0.2) is 23.2 Å². The van der Waals surface area contributed by atoms with Crippen molar-refractivity contribution in [2.24, 2.45) is 0 Å². The first-order chi connectivity index (χ1) is 13.5. The van der Waals surface area contributed by atoms with Crippen LogP contribution in [0.1, 0.15) is 18.1 Å². The number of carbonyl (C=O) groups is 1. The molecule has 2 rings (SSSR count).